The molecule has 0 radical (unpaired) electrons. The summed E-state index contributed by atoms with van der Waals surface area (Å²) in [6.07, 6.45) is 1.50. The number of hydrogen-bond donors (Lipinski definition) is 1. The zero-order valence-electron chi connectivity index (χ0n) is 15.1. The molecule has 0 saturated carbocycles. The normalized spacial score (nSPS) is 10.8. The molecule has 0 spiro atoms. The summed E-state index contributed by atoms with van der Waals surface area (Å²) in [4.78, 5) is 12.8. The van der Waals surface area contributed by atoms with E-state index in [9.17, 15) is 4.79 Å². The van der Waals surface area contributed by atoms with Gasteiger partial charge in [0.1, 0.15) is 6.33 Å². The van der Waals surface area contributed by atoms with Crippen molar-refractivity contribution in [3.05, 3.63) is 108 Å². The molecule has 1 heterocycles. The van der Waals surface area contributed by atoms with E-state index in [1.807, 2.05) is 48.5 Å². The summed E-state index contributed by atoms with van der Waals surface area (Å²) in [7, 11) is 0. The van der Waals surface area contributed by atoms with Crippen LogP contribution in [0.2, 0.25) is 0 Å². The van der Waals surface area contributed by atoms with Crippen LogP contribution in [0.25, 0.3) is 5.69 Å². The summed E-state index contributed by atoms with van der Waals surface area (Å²) in [5.74, 6) is -0.0548. The van der Waals surface area contributed by atoms with Gasteiger partial charge in [0.2, 0.25) is 0 Å². The molecule has 138 valence electrons. The Bertz CT molecular complexity index is 993. The minimum atomic E-state index is -0.133. The molecular weight excluding hydrogens is 350 g/mol. The molecule has 28 heavy (non-hydrogen) atoms. The Morgan fingerprint density at radius 1 is 0.893 bits per heavy atom. The molecule has 0 aliphatic rings. The molecule has 6 heteroatoms. The minimum absolute atomic E-state index is 0.0778. The summed E-state index contributed by atoms with van der Waals surface area (Å²) in [6, 6.07) is 27.6. The first-order valence-corrected chi connectivity index (χ1v) is 9.03. The molecular formula is C22H19N5O. The molecule has 0 fully saturated rings. The van der Waals surface area contributed by atoms with Crippen LogP contribution in [-0.2, 0) is 0 Å². The number of nitrogens with one attached hydrogen (secondary N) is 1. The van der Waals surface area contributed by atoms with E-state index in [1.54, 1.807) is 12.1 Å². The Morgan fingerprint density at radius 2 is 1.57 bits per heavy atom. The lowest BCUT2D eigenvalue weighted by molar-refractivity contribution is 0.0952. The van der Waals surface area contributed by atoms with Crippen molar-refractivity contribution in [1.29, 1.82) is 0 Å². The highest BCUT2D eigenvalue weighted by Crippen LogP contribution is 2.23. The monoisotopic (exact) mass is 369 g/mol. The molecule has 0 aliphatic carbocycles. The second-order valence-corrected chi connectivity index (χ2v) is 6.39. The van der Waals surface area contributed by atoms with Crippen LogP contribution in [0, 0.1) is 0 Å². The fraction of sp³-hybridized carbons (Fsp3) is 0.0909. The number of carbonyl (C=O) groups excluding carboxylic acids is 1. The predicted octanol–water partition coefficient (Wildman–Crippen LogP) is 3.22. The van der Waals surface area contributed by atoms with Crippen molar-refractivity contribution in [2.75, 3.05) is 6.54 Å². The van der Waals surface area contributed by atoms with Crippen molar-refractivity contribution in [2.24, 2.45) is 0 Å². The number of amides is 1. The van der Waals surface area contributed by atoms with Crippen molar-refractivity contribution < 1.29 is 4.79 Å². The van der Waals surface area contributed by atoms with Gasteiger partial charge in [-0.25, -0.2) is 4.68 Å². The largest absolute Gasteiger partial charge is 0.351 e. The average molecular weight is 369 g/mol. The van der Waals surface area contributed by atoms with Crippen LogP contribution < -0.4 is 5.32 Å². The summed E-state index contributed by atoms with van der Waals surface area (Å²) in [5.41, 5.74) is 3.63. The molecule has 0 atom stereocenters. The third-order valence-electron chi connectivity index (χ3n) is 4.59. The van der Waals surface area contributed by atoms with Gasteiger partial charge in [-0.3, -0.25) is 4.79 Å². The van der Waals surface area contributed by atoms with Crippen molar-refractivity contribution >= 4 is 5.91 Å². The van der Waals surface area contributed by atoms with Crippen molar-refractivity contribution in [2.45, 2.75) is 5.92 Å². The molecule has 3 aromatic carbocycles. The fourth-order valence-corrected chi connectivity index (χ4v) is 3.16. The number of aromatic nitrogens is 4. The van der Waals surface area contributed by atoms with E-state index in [0.717, 1.165) is 16.8 Å². The number of carbonyl (C=O) groups is 1. The van der Waals surface area contributed by atoms with E-state index in [0.29, 0.717) is 12.1 Å². The van der Waals surface area contributed by atoms with Crippen molar-refractivity contribution in [3.63, 3.8) is 0 Å². The van der Waals surface area contributed by atoms with Gasteiger partial charge in [0.05, 0.1) is 5.69 Å². The van der Waals surface area contributed by atoms with Gasteiger partial charge in [-0.2, -0.15) is 0 Å². The second kappa shape index (κ2) is 8.26. The SMILES string of the molecule is O=C(NCC(c1ccccc1)c1ccccc1)c1cccc(-n2cnnn2)c1. The van der Waals surface area contributed by atoms with E-state index >= 15 is 0 Å². The fourth-order valence-electron chi connectivity index (χ4n) is 3.16. The van der Waals surface area contributed by atoms with Crippen LogP contribution in [0.4, 0.5) is 0 Å². The maximum atomic E-state index is 12.8. The average Bonchev–Trinajstić information content (AvgIpc) is 3.30. The number of benzene rings is 3. The van der Waals surface area contributed by atoms with Gasteiger partial charge in [0.25, 0.3) is 5.91 Å². The van der Waals surface area contributed by atoms with Gasteiger partial charge in [-0.15, -0.1) is 5.10 Å². The van der Waals surface area contributed by atoms with Crippen molar-refractivity contribution in [3.8, 4) is 5.69 Å². The third kappa shape index (κ3) is 3.96. The number of tetrazole rings is 1. The number of hydrogen-bond acceptors (Lipinski definition) is 4. The Labute approximate surface area is 162 Å². The topological polar surface area (TPSA) is 72.7 Å². The van der Waals surface area contributed by atoms with Crippen LogP contribution in [0.3, 0.4) is 0 Å². The summed E-state index contributed by atoms with van der Waals surface area (Å²) >= 11 is 0. The van der Waals surface area contributed by atoms with Crippen LogP contribution in [-0.4, -0.2) is 32.7 Å². The molecule has 0 bridgehead atoms. The molecule has 4 rings (SSSR count). The maximum absolute atomic E-state index is 12.8. The first-order valence-electron chi connectivity index (χ1n) is 9.03. The predicted molar refractivity (Wildman–Crippen MR) is 106 cm³/mol. The van der Waals surface area contributed by atoms with Gasteiger partial charge in [-0.05, 0) is 39.8 Å². The summed E-state index contributed by atoms with van der Waals surface area (Å²) in [6.45, 7) is 0.502. The standard InChI is InChI=1S/C22H19N5O/c28-22(19-12-7-13-20(14-19)27-16-24-25-26-27)23-15-21(17-8-3-1-4-9-17)18-10-5-2-6-11-18/h1-14,16,21H,15H2,(H,23,28). The van der Waals surface area contributed by atoms with E-state index in [2.05, 4.69) is 45.1 Å². The van der Waals surface area contributed by atoms with Crippen LogP contribution >= 0.6 is 0 Å². The second-order valence-electron chi connectivity index (χ2n) is 6.39. The third-order valence-corrected chi connectivity index (χ3v) is 4.59. The van der Waals surface area contributed by atoms with Gasteiger partial charge in [0, 0.05) is 18.0 Å². The lowest BCUT2D eigenvalue weighted by atomic mass is 9.91. The molecule has 1 N–H and O–H groups in total. The smallest absolute Gasteiger partial charge is 0.251 e. The van der Waals surface area contributed by atoms with Crippen LogP contribution in [0.1, 0.15) is 27.4 Å². The quantitative estimate of drug-likeness (QED) is 0.566. The molecule has 4 aromatic rings. The van der Waals surface area contributed by atoms with Gasteiger partial charge in [0.15, 0.2) is 0 Å². The van der Waals surface area contributed by atoms with Gasteiger partial charge < -0.3 is 5.32 Å². The molecule has 0 aliphatic heterocycles. The Balaban J connectivity index is 1.53. The zero-order valence-corrected chi connectivity index (χ0v) is 15.1. The lowest BCUT2D eigenvalue weighted by Crippen LogP contribution is -2.29. The van der Waals surface area contributed by atoms with Crippen LogP contribution in [0.5, 0.6) is 0 Å². The number of nitrogens with zero attached hydrogens (tertiary/aromatic N) is 4. The lowest BCUT2D eigenvalue weighted by Gasteiger charge is -2.19. The van der Waals surface area contributed by atoms with Gasteiger partial charge in [-0.1, -0.05) is 66.7 Å². The van der Waals surface area contributed by atoms with E-state index in [-0.39, 0.29) is 11.8 Å². The molecule has 1 amide bonds. The van der Waals surface area contributed by atoms with E-state index < -0.39 is 0 Å². The Hall–Kier alpha value is -3.80. The molecule has 6 nitrogen and oxygen atoms in total. The summed E-state index contributed by atoms with van der Waals surface area (Å²) in [5, 5.41) is 14.2. The molecule has 0 unspecified atom stereocenters. The Kier molecular flexibility index (Phi) is 5.20. The van der Waals surface area contributed by atoms with Crippen molar-refractivity contribution in [1.82, 2.24) is 25.5 Å². The first-order chi connectivity index (χ1) is 13.8. The molecule has 0 saturated heterocycles. The minimum Gasteiger partial charge on any atom is -0.351 e. The number of rotatable bonds is 6. The highest BCUT2D eigenvalue weighted by atomic mass is 16.1. The first kappa shape index (κ1) is 17.6. The van der Waals surface area contributed by atoms with E-state index in [4.69, 9.17) is 0 Å². The Morgan fingerprint density at radius 3 is 2.18 bits per heavy atom. The highest BCUT2D eigenvalue weighted by Gasteiger charge is 2.16. The zero-order chi connectivity index (χ0) is 19.2. The highest BCUT2D eigenvalue weighted by molar-refractivity contribution is 5.94. The van der Waals surface area contributed by atoms with E-state index in [1.165, 1.54) is 11.0 Å². The maximum Gasteiger partial charge on any atom is 0.251 e. The van der Waals surface area contributed by atoms with Crippen LogP contribution in [0.15, 0.2) is 91.3 Å². The molecule has 1 aromatic heterocycles. The van der Waals surface area contributed by atoms with Gasteiger partial charge >= 0.3 is 0 Å². The summed E-state index contributed by atoms with van der Waals surface area (Å²) < 4.78 is 1.52.